The number of imide groups is 1. The molecule has 19 nitrogen and oxygen atoms in total. The smallest absolute Gasteiger partial charge is 0.308 e. The van der Waals surface area contributed by atoms with Gasteiger partial charge in [-0.05, 0) is 50.1 Å². The van der Waals surface area contributed by atoms with E-state index in [1.165, 1.54) is 4.88 Å². The Morgan fingerprint density at radius 3 is 2.53 bits per heavy atom. The molecule has 0 saturated carbocycles. The molecule has 21 heteroatoms. The fraction of sp³-hybridized carbons (Fsp3) is 0.395. The summed E-state index contributed by atoms with van der Waals surface area (Å²) in [5.74, 6) is 0.438. The quantitative estimate of drug-likeness (QED) is 0.0522. The number of ether oxygens (including phenoxy) is 3. The number of amides is 3. The highest BCUT2D eigenvalue weighted by Crippen LogP contribution is 2.35. The van der Waals surface area contributed by atoms with Crippen molar-refractivity contribution in [1.82, 2.24) is 45.6 Å². The summed E-state index contributed by atoms with van der Waals surface area (Å²) in [6.45, 7) is 9.71. The van der Waals surface area contributed by atoms with Crippen molar-refractivity contribution in [3.8, 4) is 5.00 Å². The monoisotopic (exact) mass is 911 g/mol. The summed E-state index contributed by atoms with van der Waals surface area (Å²) in [7, 11) is 0. The first-order valence-corrected chi connectivity index (χ1v) is 22.1. The van der Waals surface area contributed by atoms with Crippen LogP contribution in [0.2, 0.25) is 5.02 Å². The summed E-state index contributed by atoms with van der Waals surface area (Å²) in [6.07, 6.45) is 3.79. The minimum Gasteiger partial charge on any atom is -0.382 e. The lowest BCUT2D eigenvalue weighted by atomic mass is 9.99. The molecule has 4 aromatic heterocycles. The first-order chi connectivity index (χ1) is 31.0. The molecular formula is C43H48ClN12O7S+. The van der Waals surface area contributed by atoms with Crippen LogP contribution in [0.4, 0.5) is 5.69 Å². The number of hydrogen-bond donors (Lipinski definition) is 4. The molecule has 0 bridgehead atoms. The highest BCUT2D eigenvalue weighted by Gasteiger charge is 2.37. The molecule has 8 rings (SSSR count). The molecule has 6 heterocycles. The van der Waals surface area contributed by atoms with Crippen LogP contribution in [-0.4, -0.2) is 105 Å². The number of piperidine rings is 1. The van der Waals surface area contributed by atoms with Gasteiger partial charge in [-0.2, -0.15) is 9.67 Å². The molecule has 1 saturated heterocycles. The van der Waals surface area contributed by atoms with E-state index in [0.717, 1.165) is 43.6 Å². The Morgan fingerprint density at radius 1 is 0.984 bits per heavy atom. The molecule has 2 atom stereocenters. The number of aromatic amines is 1. The largest absolute Gasteiger partial charge is 0.382 e. The van der Waals surface area contributed by atoms with Gasteiger partial charge in [0.05, 0.1) is 88.2 Å². The summed E-state index contributed by atoms with van der Waals surface area (Å²) >= 11 is 7.92. The zero-order valence-electron chi connectivity index (χ0n) is 35.6. The Kier molecular flexibility index (Phi) is 14.0. The number of benzene rings is 2. The third-order valence-electron chi connectivity index (χ3n) is 11.0. The number of halogens is 1. The molecular weight excluding hydrogens is 864 g/mol. The van der Waals surface area contributed by atoms with Crippen LogP contribution < -0.4 is 26.1 Å². The number of aryl methyl sites for hydroxylation is 2. The van der Waals surface area contributed by atoms with E-state index in [0.29, 0.717) is 80.0 Å². The average molecular weight is 912 g/mol. The number of aliphatic imine (C=N–C) groups is 1. The lowest BCUT2D eigenvalue weighted by molar-refractivity contribution is -0.608. The number of H-pyrrole nitrogens is 1. The number of carbonyl (C=O) groups is 3. The Labute approximate surface area is 376 Å². The van der Waals surface area contributed by atoms with Crippen LogP contribution in [0.3, 0.4) is 0 Å². The summed E-state index contributed by atoms with van der Waals surface area (Å²) in [4.78, 5) is 56.8. The molecule has 64 heavy (non-hydrogen) atoms. The van der Waals surface area contributed by atoms with Gasteiger partial charge in [-0.1, -0.05) is 35.0 Å². The lowest BCUT2D eigenvalue weighted by Gasteiger charge is -2.22. The van der Waals surface area contributed by atoms with Crippen LogP contribution in [0.25, 0.3) is 15.8 Å². The van der Waals surface area contributed by atoms with Crippen LogP contribution in [0.5, 0.6) is 0 Å². The Bertz CT molecular complexity index is 2760. The maximum absolute atomic E-state index is 13.4. The predicted octanol–water partition coefficient (Wildman–Crippen LogP) is 3.37. The number of aromatic nitrogens is 8. The van der Waals surface area contributed by atoms with Crippen molar-refractivity contribution in [3.05, 3.63) is 109 Å². The number of nitrogens with zero attached hydrogens (tertiary/aromatic N) is 8. The minimum absolute atomic E-state index is 0.0783. The lowest BCUT2D eigenvalue weighted by Crippen LogP contribution is -2.45. The van der Waals surface area contributed by atoms with Crippen LogP contribution in [-0.2, 0) is 41.7 Å². The third-order valence-corrected chi connectivity index (χ3v) is 12.4. The number of fused-ring (bicyclic) bond motifs is 4. The maximum Gasteiger partial charge on any atom is 0.308 e. The molecule has 0 radical (unpaired) electrons. The van der Waals surface area contributed by atoms with Gasteiger partial charge in [-0.25, -0.2) is 9.36 Å². The highest BCUT2D eigenvalue weighted by molar-refractivity contribution is 7.14. The van der Waals surface area contributed by atoms with Gasteiger partial charge in [-0.3, -0.25) is 29.5 Å². The van der Waals surface area contributed by atoms with Crippen molar-refractivity contribution < 1.29 is 33.2 Å². The Hall–Kier alpha value is -6.19. The van der Waals surface area contributed by atoms with E-state index in [2.05, 4.69) is 60.0 Å². The van der Waals surface area contributed by atoms with Gasteiger partial charge in [0.1, 0.15) is 11.7 Å². The Balaban J connectivity index is 0.722. The molecule has 0 spiro atoms. The van der Waals surface area contributed by atoms with Crippen LogP contribution in [0, 0.1) is 20.8 Å². The van der Waals surface area contributed by atoms with Crippen molar-refractivity contribution in [2.75, 3.05) is 51.5 Å². The van der Waals surface area contributed by atoms with E-state index in [9.17, 15) is 19.2 Å². The first-order valence-electron chi connectivity index (χ1n) is 20.9. The average Bonchev–Trinajstić information content (AvgIpc) is 3.96. The maximum atomic E-state index is 13.4. The third kappa shape index (κ3) is 9.95. The van der Waals surface area contributed by atoms with Gasteiger partial charge < -0.3 is 24.8 Å². The molecule has 2 aliphatic rings. The van der Waals surface area contributed by atoms with Crippen molar-refractivity contribution >= 4 is 62.8 Å². The number of hydrogen-bond acceptors (Lipinski definition) is 14. The number of thiophene rings is 1. The van der Waals surface area contributed by atoms with Gasteiger partial charge >= 0.3 is 5.82 Å². The van der Waals surface area contributed by atoms with Gasteiger partial charge in [0.15, 0.2) is 11.0 Å². The zero-order chi connectivity index (χ0) is 44.7. The van der Waals surface area contributed by atoms with Gasteiger partial charge in [-0.15, -0.1) is 21.5 Å². The van der Waals surface area contributed by atoms with Crippen LogP contribution >= 0.6 is 22.9 Å². The van der Waals surface area contributed by atoms with E-state index in [-0.39, 0.29) is 37.6 Å². The second kappa shape index (κ2) is 20.1. The highest BCUT2D eigenvalue weighted by atomic mass is 35.5. The topological polar surface area (TPSA) is 226 Å². The van der Waals surface area contributed by atoms with Crippen molar-refractivity contribution in [1.29, 1.82) is 0 Å². The van der Waals surface area contributed by atoms with E-state index in [1.807, 2.05) is 37.3 Å². The summed E-state index contributed by atoms with van der Waals surface area (Å²) in [5.41, 5.74) is 4.80. The molecule has 2 aromatic carbocycles. The second-order valence-electron chi connectivity index (χ2n) is 15.3. The van der Waals surface area contributed by atoms with Gasteiger partial charge in [0.2, 0.25) is 17.6 Å². The fourth-order valence-electron chi connectivity index (χ4n) is 7.58. The van der Waals surface area contributed by atoms with Gasteiger partial charge in [0.25, 0.3) is 11.5 Å². The summed E-state index contributed by atoms with van der Waals surface area (Å²) in [6, 6.07) is 11.5. The second-order valence-corrected chi connectivity index (χ2v) is 17.0. The fourth-order valence-corrected chi connectivity index (χ4v) is 8.92. The van der Waals surface area contributed by atoms with E-state index in [1.54, 1.807) is 40.5 Å². The summed E-state index contributed by atoms with van der Waals surface area (Å²) < 4.78 is 21.9. The van der Waals surface area contributed by atoms with Crippen molar-refractivity contribution in [2.24, 2.45) is 4.99 Å². The minimum atomic E-state index is -0.823. The molecule has 1 unspecified atom stereocenters. The standard InChI is InChI=1S/C43H47ClN12O7S/c1-25-26(2)64-43-38(25)39(28-7-9-29(44)10-8-28)48-34(40-52-50-27(3)55(40)43)21-37(58)46-22-30-24-54(53-51-30)14-16-62-18-20-63-19-17-61-15-13-45-33-6-4-5-31-32(33)23-47-56(42(31)60)35-11-12-36(57)49-41(35)59/h4-10,23-24,34-35H,11-22H2,1-3H3,(H3,45,46,47,49,57,58,59)/p+1/t34-,35?/m0/s1. The summed E-state index contributed by atoms with van der Waals surface area (Å²) in [5, 5.41) is 31.6. The van der Waals surface area contributed by atoms with Crippen molar-refractivity contribution in [2.45, 2.75) is 65.2 Å². The molecule has 1 fully saturated rings. The van der Waals surface area contributed by atoms with E-state index >= 15 is 0 Å². The van der Waals surface area contributed by atoms with Crippen LogP contribution in [0.15, 0.2) is 64.6 Å². The van der Waals surface area contributed by atoms with Crippen LogP contribution in [0.1, 0.15) is 70.3 Å². The number of carbonyl (C=O) groups excluding carboxylic acids is 3. The zero-order valence-corrected chi connectivity index (χ0v) is 37.1. The van der Waals surface area contributed by atoms with E-state index < -0.39 is 23.6 Å². The molecule has 4 N–H and O–H groups in total. The van der Waals surface area contributed by atoms with Gasteiger partial charge in [0, 0.05) is 51.5 Å². The number of rotatable bonds is 19. The molecule has 334 valence electrons. The molecule has 6 aromatic rings. The van der Waals surface area contributed by atoms with Crippen molar-refractivity contribution in [3.63, 3.8) is 0 Å². The SMILES string of the molecule is Cc1sc2c(c1C)C(c1ccc(Cl)cc1)=N[C@@H](CC(=O)NCc1cn(CCOCCOCCOCCNc3cccc4c(=O)n(C5CCC(=O)NC5=O)ncc34)nn1)c1n[nH]c(C)[n+]1-2. The predicted molar refractivity (Wildman–Crippen MR) is 237 cm³/mol. The molecule has 2 aliphatic heterocycles. The molecule has 3 amide bonds. The number of anilines is 1. The normalized spacial score (nSPS) is 16.0. The first kappa shape index (κ1) is 44.4. The number of nitrogens with one attached hydrogen (secondary N) is 4. The van der Waals surface area contributed by atoms with E-state index in [4.69, 9.17) is 30.8 Å². The molecule has 0 aliphatic carbocycles. The Morgan fingerprint density at radius 2 is 1.75 bits per heavy atom.